The Bertz CT molecular complexity index is 1090. The van der Waals surface area contributed by atoms with Crippen LogP contribution in [0.5, 0.6) is 5.75 Å². The molecule has 0 bridgehead atoms. The zero-order valence-corrected chi connectivity index (χ0v) is 15.9. The molecule has 1 unspecified atom stereocenters. The fourth-order valence-corrected chi connectivity index (χ4v) is 5.34. The topological polar surface area (TPSA) is 58.6 Å². The lowest BCUT2D eigenvalue weighted by atomic mass is 9.93. The molecule has 0 aromatic heterocycles. The zero-order valence-electron chi connectivity index (χ0n) is 15.1. The minimum Gasteiger partial charge on any atom is -0.493 e. The van der Waals surface area contributed by atoms with Crippen LogP contribution in [0, 0.1) is 0 Å². The van der Waals surface area contributed by atoms with Gasteiger partial charge in [-0.05, 0) is 29.0 Å². The number of benzene rings is 3. The molecule has 1 N–H and O–H groups in total. The Labute approximate surface area is 166 Å². The lowest BCUT2D eigenvalue weighted by molar-refractivity contribution is -0.134. The van der Waals surface area contributed by atoms with Crippen molar-refractivity contribution < 1.29 is 14.3 Å². The second-order valence-electron chi connectivity index (χ2n) is 6.87. The molecule has 1 atom stereocenters. The Hall–Kier alpha value is -2.99. The Balaban J connectivity index is 1.62. The van der Waals surface area contributed by atoms with Gasteiger partial charge in [-0.1, -0.05) is 48.5 Å². The first-order chi connectivity index (χ1) is 13.7. The molecule has 5 rings (SSSR count). The number of nitrogens with zero attached hydrogens (tertiary/aromatic N) is 1. The van der Waals surface area contributed by atoms with Gasteiger partial charge >= 0.3 is 0 Å². The SMILES string of the molecule is O=C(NN1C(=O)CSC12CCOc1ccc3ccccc3c12)c1ccccc1. The number of hydrazine groups is 1. The molecule has 0 saturated carbocycles. The van der Waals surface area contributed by atoms with E-state index in [1.54, 1.807) is 23.9 Å². The van der Waals surface area contributed by atoms with Crippen LogP contribution in [0.25, 0.3) is 10.8 Å². The number of rotatable bonds is 2. The molecular weight excluding hydrogens is 372 g/mol. The van der Waals surface area contributed by atoms with Gasteiger partial charge in [-0.3, -0.25) is 15.0 Å². The summed E-state index contributed by atoms with van der Waals surface area (Å²) in [5.41, 5.74) is 4.36. The van der Waals surface area contributed by atoms with E-state index < -0.39 is 4.87 Å². The summed E-state index contributed by atoms with van der Waals surface area (Å²) in [4.78, 5) is 24.9. The highest BCUT2D eigenvalue weighted by Crippen LogP contribution is 2.54. The molecule has 0 radical (unpaired) electrons. The summed E-state index contributed by atoms with van der Waals surface area (Å²) < 4.78 is 5.93. The van der Waals surface area contributed by atoms with Gasteiger partial charge in [0.1, 0.15) is 10.6 Å². The Kier molecular flexibility index (Phi) is 4.02. The van der Waals surface area contributed by atoms with Crippen LogP contribution < -0.4 is 10.2 Å². The third-order valence-corrected chi connectivity index (χ3v) is 6.73. The summed E-state index contributed by atoms with van der Waals surface area (Å²) in [5.74, 6) is 0.697. The van der Waals surface area contributed by atoms with E-state index in [0.717, 1.165) is 22.1 Å². The molecule has 140 valence electrons. The second kappa shape index (κ2) is 6.56. The predicted octanol–water partition coefficient (Wildman–Crippen LogP) is 3.70. The number of carbonyl (C=O) groups excluding carboxylic acids is 2. The summed E-state index contributed by atoms with van der Waals surface area (Å²) in [6.45, 7) is 0.489. The molecule has 1 spiro atoms. The normalized spacial score (nSPS) is 20.9. The van der Waals surface area contributed by atoms with Crippen LogP contribution in [-0.4, -0.2) is 29.2 Å². The van der Waals surface area contributed by atoms with Crippen LogP contribution in [-0.2, 0) is 9.67 Å². The van der Waals surface area contributed by atoms with Crippen molar-refractivity contribution in [3.8, 4) is 5.75 Å². The lowest BCUT2D eigenvalue weighted by Gasteiger charge is -2.41. The fourth-order valence-electron chi connectivity index (χ4n) is 3.99. The number of hydrogen-bond donors (Lipinski definition) is 1. The highest BCUT2D eigenvalue weighted by Gasteiger charge is 2.52. The first-order valence-electron chi connectivity index (χ1n) is 9.17. The van der Waals surface area contributed by atoms with Crippen molar-refractivity contribution in [2.24, 2.45) is 0 Å². The van der Waals surface area contributed by atoms with Gasteiger partial charge in [0.25, 0.3) is 11.8 Å². The van der Waals surface area contributed by atoms with E-state index in [0.29, 0.717) is 24.3 Å². The minimum absolute atomic E-state index is 0.102. The zero-order chi connectivity index (χ0) is 19.1. The van der Waals surface area contributed by atoms with Gasteiger partial charge in [0.2, 0.25) is 0 Å². The van der Waals surface area contributed by atoms with Crippen molar-refractivity contribution in [3.63, 3.8) is 0 Å². The first kappa shape index (κ1) is 17.1. The van der Waals surface area contributed by atoms with Gasteiger partial charge < -0.3 is 4.74 Å². The molecule has 3 aromatic rings. The predicted molar refractivity (Wildman–Crippen MR) is 109 cm³/mol. The van der Waals surface area contributed by atoms with E-state index >= 15 is 0 Å². The maximum absolute atomic E-state index is 12.8. The Morgan fingerprint density at radius 3 is 2.68 bits per heavy atom. The van der Waals surface area contributed by atoms with E-state index in [9.17, 15) is 9.59 Å². The molecule has 2 heterocycles. The van der Waals surface area contributed by atoms with Crippen LogP contribution in [0.3, 0.4) is 0 Å². The summed E-state index contributed by atoms with van der Waals surface area (Å²) in [6, 6.07) is 21.0. The number of fused-ring (bicyclic) bond motifs is 4. The quantitative estimate of drug-likeness (QED) is 0.725. The number of amides is 2. The largest absolute Gasteiger partial charge is 0.493 e. The van der Waals surface area contributed by atoms with E-state index in [1.165, 1.54) is 5.01 Å². The Morgan fingerprint density at radius 1 is 1.04 bits per heavy atom. The third-order valence-electron chi connectivity index (χ3n) is 5.27. The minimum atomic E-state index is -0.671. The van der Waals surface area contributed by atoms with Gasteiger partial charge in [0, 0.05) is 17.5 Å². The first-order valence-corrected chi connectivity index (χ1v) is 10.2. The van der Waals surface area contributed by atoms with Crippen molar-refractivity contribution in [1.29, 1.82) is 0 Å². The molecule has 28 heavy (non-hydrogen) atoms. The maximum atomic E-state index is 12.8. The van der Waals surface area contributed by atoms with Crippen LogP contribution in [0.1, 0.15) is 22.3 Å². The van der Waals surface area contributed by atoms with Crippen molar-refractivity contribution in [2.45, 2.75) is 11.3 Å². The second-order valence-corrected chi connectivity index (χ2v) is 8.12. The number of nitrogens with one attached hydrogen (secondary N) is 1. The number of ether oxygens (including phenoxy) is 1. The number of thioether (sulfide) groups is 1. The van der Waals surface area contributed by atoms with E-state index in [-0.39, 0.29) is 11.8 Å². The van der Waals surface area contributed by atoms with Gasteiger partial charge in [-0.15, -0.1) is 11.8 Å². The summed E-state index contributed by atoms with van der Waals surface area (Å²) >= 11 is 1.56. The molecule has 2 amide bonds. The number of carbonyl (C=O) groups is 2. The number of hydrogen-bond acceptors (Lipinski definition) is 4. The summed E-state index contributed by atoms with van der Waals surface area (Å²) in [7, 11) is 0. The maximum Gasteiger partial charge on any atom is 0.269 e. The standard InChI is InChI=1S/C22H18N2O3S/c25-19-14-28-22(24(19)23-21(26)16-7-2-1-3-8-16)12-13-27-18-11-10-15-6-4-5-9-17(15)20(18)22/h1-11H,12-14H2,(H,23,26). The van der Waals surface area contributed by atoms with Crippen molar-refractivity contribution in [1.82, 2.24) is 10.4 Å². The molecule has 2 aliphatic rings. The van der Waals surface area contributed by atoms with Crippen molar-refractivity contribution >= 4 is 34.3 Å². The summed E-state index contributed by atoms with van der Waals surface area (Å²) in [5, 5.41) is 3.65. The average molecular weight is 390 g/mol. The molecular formula is C22H18N2O3S. The lowest BCUT2D eigenvalue weighted by Crippen LogP contribution is -2.54. The third kappa shape index (κ3) is 2.56. The smallest absolute Gasteiger partial charge is 0.269 e. The van der Waals surface area contributed by atoms with Gasteiger partial charge in [0.15, 0.2) is 0 Å². The monoisotopic (exact) mass is 390 g/mol. The van der Waals surface area contributed by atoms with Crippen LogP contribution >= 0.6 is 11.8 Å². The Morgan fingerprint density at radius 2 is 1.82 bits per heavy atom. The van der Waals surface area contributed by atoms with Gasteiger partial charge in [-0.2, -0.15) is 0 Å². The van der Waals surface area contributed by atoms with E-state index in [2.05, 4.69) is 5.43 Å². The fraction of sp³-hybridized carbons (Fsp3) is 0.182. The molecule has 5 nitrogen and oxygen atoms in total. The molecule has 6 heteroatoms. The van der Waals surface area contributed by atoms with Gasteiger partial charge in [0.05, 0.1) is 12.4 Å². The van der Waals surface area contributed by atoms with Crippen molar-refractivity contribution in [3.05, 3.63) is 77.9 Å². The molecule has 1 saturated heterocycles. The van der Waals surface area contributed by atoms with E-state index in [4.69, 9.17) is 4.74 Å². The van der Waals surface area contributed by atoms with Gasteiger partial charge in [-0.25, -0.2) is 5.01 Å². The molecule has 1 fully saturated rings. The highest BCUT2D eigenvalue weighted by atomic mass is 32.2. The van der Waals surface area contributed by atoms with Crippen molar-refractivity contribution in [2.75, 3.05) is 12.4 Å². The van der Waals surface area contributed by atoms with Crippen LogP contribution in [0.15, 0.2) is 66.7 Å². The van der Waals surface area contributed by atoms with Crippen LogP contribution in [0.2, 0.25) is 0 Å². The highest BCUT2D eigenvalue weighted by molar-refractivity contribution is 8.01. The summed E-state index contributed by atoms with van der Waals surface area (Å²) in [6.07, 6.45) is 0.611. The average Bonchev–Trinajstić information content (AvgIpc) is 3.04. The molecule has 2 aliphatic heterocycles. The van der Waals surface area contributed by atoms with Crippen LogP contribution in [0.4, 0.5) is 0 Å². The molecule has 0 aliphatic carbocycles. The van der Waals surface area contributed by atoms with E-state index in [1.807, 2.05) is 54.6 Å². The molecule has 3 aromatic carbocycles.